The van der Waals surface area contributed by atoms with E-state index in [1.165, 1.54) is 30.6 Å². The van der Waals surface area contributed by atoms with Gasteiger partial charge >= 0.3 is 0 Å². The monoisotopic (exact) mass is 469 g/mol. The molecule has 7 heteroatoms. The zero-order valence-corrected chi connectivity index (χ0v) is 19.3. The van der Waals surface area contributed by atoms with Gasteiger partial charge in [-0.25, -0.2) is 8.70 Å². The number of benzene rings is 2. The smallest absolute Gasteiger partial charge is 0.129 e. The van der Waals surface area contributed by atoms with Crippen LogP contribution in [0.5, 0.6) is 5.75 Å². The fourth-order valence-electron chi connectivity index (χ4n) is 3.75. The van der Waals surface area contributed by atoms with Crippen LogP contribution < -0.4 is 4.74 Å². The Labute approximate surface area is 192 Å². The van der Waals surface area contributed by atoms with E-state index < -0.39 is 0 Å². The van der Waals surface area contributed by atoms with E-state index in [0.717, 1.165) is 37.2 Å². The number of hydrogen-bond donors (Lipinski definition) is 0. The van der Waals surface area contributed by atoms with Crippen molar-refractivity contribution in [3.63, 3.8) is 0 Å². The standard InChI is InChI=1S/C23H26Cl2FNO2S/c1-15-8-21(18-2-3-18)23(12-22(15)26)28-13-16-4-6-27(7-5-16)30-29-14-17-9-19(24)11-20(25)10-17/h8-12,16,18H,2-7,13-14H2,1H3. The molecule has 2 aromatic carbocycles. The molecule has 0 unspecified atom stereocenters. The highest BCUT2D eigenvalue weighted by Gasteiger charge is 2.28. The number of aryl methyl sites for hydroxylation is 1. The van der Waals surface area contributed by atoms with Crippen LogP contribution in [0.1, 0.15) is 48.3 Å². The van der Waals surface area contributed by atoms with Crippen LogP contribution >= 0.6 is 35.4 Å². The average Bonchev–Trinajstić information content (AvgIpc) is 3.54. The summed E-state index contributed by atoms with van der Waals surface area (Å²) < 4.78 is 28.1. The molecule has 0 atom stereocenters. The van der Waals surface area contributed by atoms with Crippen molar-refractivity contribution in [2.75, 3.05) is 19.7 Å². The van der Waals surface area contributed by atoms with E-state index in [-0.39, 0.29) is 5.82 Å². The molecule has 2 aliphatic rings. The van der Waals surface area contributed by atoms with Crippen molar-refractivity contribution in [3.05, 3.63) is 62.9 Å². The molecule has 2 aromatic rings. The van der Waals surface area contributed by atoms with Crippen LogP contribution in [0.2, 0.25) is 10.0 Å². The zero-order chi connectivity index (χ0) is 21.1. The number of hydrogen-bond acceptors (Lipinski definition) is 4. The Morgan fingerprint density at radius 3 is 2.40 bits per heavy atom. The predicted molar refractivity (Wildman–Crippen MR) is 122 cm³/mol. The van der Waals surface area contributed by atoms with Crippen molar-refractivity contribution >= 4 is 35.4 Å². The van der Waals surface area contributed by atoms with Crippen molar-refractivity contribution in [2.45, 2.75) is 45.1 Å². The predicted octanol–water partition coefficient (Wildman–Crippen LogP) is 7.19. The van der Waals surface area contributed by atoms with Crippen molar-refractivity contribution in [2.24, 2.45) is 5.92 Å². The molecule has 2 fully saturated rings. The number of halogens is 3. The molecular weight excluding hydrogens is 444 g/mol. The molecule has 0 spiro atoms. The van der Waals surface area contributed by atoms with E-state index in [2.05, 4.69) is 4.31 Å². The maximum absolute atomic E-state index is 14.0. The van der Waals surface area contributed by atoms with Crippen LogP contribution in [0.15, 0.2) is 30.3 Å². The van der Waals surface area contributed by atoms with Crippen molar-refractivity contribution < 1.29 is 13.3 Å². The Kier molecular flexibility index (Phi) is 7.48. The quantitative estimate of drug-likeness (QED) is 0.301. The number of piperidine rings is 1. The summed E-state index contributed by atoms with van der Waals surface area (Å²) in [6.45, 7) is 4.79. The van der Waals surface area contributed by atoms with Gasteiger partial charge in [-0.2, -0.15) is 0 Å². The first-order valence-corrected chi connectivity index (χ1v) is 11.9. The number of nitrogens with zero attached hydrogens (tertiary/aromatic N) is 1. The van der Waals surface area contributed by atoms with Crippen LogP contribution in [0.25, 0.3) is 0 Å². The second-order valence-electron chi connectivity index (χ2n) is 8.21. The maximum Gasteiger partial charge on any atom is 0.129 e. The summed E-state index contributed by atoms with van der Waals surface area (Å²) in [7, 11) is 0. The largest absolute Gasteiger partial charge is 0.493 e. The van der Waals surface area contributed by atoms with Gasteiger partial charge in [0.2, 0.25) is 0 Å². The Morgan fingerprint density at radius 2 is 1.73 bits per heavy atom. The van der Waals surface area contributed by atoms with E-state index in [1.807, 2.05) is 25.1 Å². The summed E-state index contributed by atoms with van der Waals surface area (Å²) in [6, 6.07) is 8.98. The topological polar surface area (TPSA) is 21.7 Å². The van der Waals surface area contributed by atoms with Crippen molar-refractivity contribution in [1.29, 1.82) is 0 Å². The van der Waals surface area contributed by atoms with Gasteiger partial charge in [0.15, 0.2) is 0 Å². The Hall–Kier alpha value is -0.980. The van der Waals surface area contributed by atoms with E-state index in [9.17, 15) is 4.39 Å². The molecule has 162 valence electrons. The minimum Gasteiger partial charge on any atom is -0.493 e. The molecule has 3 nitrogen and oxygen atoms in total. The molecule has 4 rings (SSSR count). The lowest BCUT2D eigenvalue weighted by molar-refractivity contribution is 0.183. The first-order valence-electron chi connectivity index (χ1n) is 10.4. The van der Waals surface area contributed by atoms with Crippen LogP contribution in [0, 0.1) is 18.7 Å². The van der Waals surface area contributed by atoms with Crippen LogP contribution in [-0.4, -0.2) is 24.0 Å². The van der Waals surface area contributed by atoms with Gasteiger partial charge < -0.3 is 4.74 Å². The molecule has 1 saturated heterocycles. The fraction of sp³-hybridized carbons (Fsp3) is 0.478. The second kappa shape index (κ2) is 10.1. The van der Waals surface area contributed by atoms with E-state index in [1.54, 1.807) is 12.1 Å². The van der Waals surface area contributed by atoms with Gasteiger partial charge in [-0.15, -0.1) is 0 Å². The van der Waals surface area contributed by atoms with Crippen LogP contribution in [0.3, 0.4) is 0 Å². The molecule has 1 heterocycles. The SMILES string of the molecule is Cc1cc(C2CC2)c(OCC2CCN(SOCc3cc(Cl)cc(Cl)c3)CC2)cc1F. The average molecular weight is 470 g/mol. The van der Waals surface area contributed by atoms with Gasteiger partial charge in [0.25, 0.3) is 0 Å². The number of rotatable bonds is 8. The van der Waals surface area contributed by atoms with Gasteiger partial charge in [0.1, 0.15) is 11.6 Å². The highest BCUT2D eigenvalue weighted by Crippen LogP contribution is 2.45. The fourth-order valence-corrected chi connectivity index (χ4v) is 5.01. The van der Waals surface area contributed by atoms with Gasteiger partial charge in [-0.1, -0.05) is 23.2 Å². The summed E-state index contributed by atoms with van der Waals surface area (Å²) in [4.78, 5) is 0. The van der Waals surface area contributed by atoms with E-state index >= 15 is 0 Å². The molecule has 1 saturated carbocycles. The maximum atomic E-state index is 14.0. The van der Waals surface area contributed by atoms with Crippen molar-refractivity contribution in [3.8, 4) is 5.75 Å². The minimum absolute atomic E-state index is 0.182. The highest BCUT2D eigenvalue weighted by molar-refractivity contribution is 7.92. The zero-order valence-electron chi connectivity index (χ0n) is 17.0. The van der Waals surface area contributed by atoms with E-state index in [4.69, 9.17) is 32.1 Å². The van der Waals surface area contributed by atoms with Gasteiger partial charge in [-0.3, -0.25) is 4.18 Å². The Bertz CT molecular complexity index is 865. The van der Waals surface area contributed by atoms with Crippen LogP contribution in [-0.2, 0) is 10.8 Å². The number of ether oxygens (including phenoxy) is 1. The van der Waals surface area contributed by atoms with E-state index in [0.29, 0.717) is 40.7 Å². The first-order chi connectivity index (χ1) is 14.5. The van der Waals surface area contributed by atoms with Gasteiger partial charge in [0, 0.05) is 29.2 Å². The minimum atomic E-state index is -0.182. The summed E-state index contributed by atoms with van der Waals surface area (Å²) in [5.74, 6) is 1.58. The molecule has 0 bridgehead atoms. The molecule has 1 aliphatic carbocycles. The lowest BCUT2D eigenvalue weighted by Crippen LogP contribution is -2.31. The second-order valence-corrected chi connectivity index (χ2v) is 9.99. The third kappa shape index (κ3) is 6.04. The summed E-state index contributed by atoms with van der Waals surface area (Å²) in [5, 5.41) is 1.23. The molecular formula is C23H26Cl2FNO2S. The molecule has 0 aromatic heterocycles. The Balaban J connectivity index is 1.20. The summed E-state index contributed by atoms with van der Waals surface area (Å²) >= 11 is 13.4. The Morgan fingerprint density at radius 1 is 1.03 bits per heavy atom. The first kappa shape index (κ1) is 22.2. The normalized spacial score (nSPS) is 18.0. The molecule has 1 aliphatic heterocycles. The molecule has 0 amide bonds. The third-order valence-electron chi connectivity index (χ3n) is 5.66. The van der Waals surface area contributed by atoms with Crippen molar-refractivity contribution in [1.82, 2.24) is 4.31 Å². The highest BCUT2D eigenvalue weighted by atomic mass is 35.5. The lowest BCUT2D eigenvalue weighted by Gasteiger charge is -2.30. The van der Waals surface area contributed by atoms with Gasteiger partial charge in [0.05, 0.1) is 25.4 Å². The summed E-state index contributed by atoms with van der Waals surface area (Å²) in [6.07, 6.45) is 4.43. The van der Waals surface area contributed by atoms with Crippen LogP contribution in [0.4, 0.5) is 4.39 Å². The third-order valence-corrected chi connectivity index (χ3v) is 6.90. The molecule has 0 radical (unpaired) electrons. The molecule has 30 heavy (non-hydrogen) atoms. The molecule has 0 N–H and O–H groups in total. The van der Waals surface area contributed by atoms with Gasteiger partial charge in [-0.05, 0) is 85.4 Å². The lowest BCUT2D eigenvalue weighted by atomic mass is 9.99. The summed E-state index contributed by atoms with van der Waals surface area (Å²) in [5.41, 5.74) is 2.84.